The van der Waals surface area contributed by atoms with E-state index in [9.17, 15) is 13.2 Å². The summed E-state index contributed by atoms with van der Waals surface area (Å²) in [7, 11) is 0. The van der Waals surface area contributed by atoms with E-state index < -0.39 is 11.7 Å². The van der Waals surface area contributed by atoms with Gasteiger partial charge in [0.15, 0.2) is 0 Å². The smallest absolute Gasteiger partial charge is 0.236 e. The summed E-state index contributed by atoms with van der Waals surface area (Å²) in [5.41, 5.74) is 1.69. The van der Waals surface area contributed by atoms with Gasteiger partial charge in [0.05, 0.1) is 11.1 Å². The van der Waals surface area contributed by atoms with Gasteiger partial charge in [-0.15, -0.1) is 0 Å². The van der Waals surface area contributed by atoms with Crippen molar-refractivity contribution in [2.24, 2.45) is 0 Å². The molecule has 0 N–H and O–H groups in total. The molecule has 5 heteroatoms. The Hall–Kier alpha value is -2.07. The molecule has 0 saturated heterocycles. The SMILES string of the molecule is FC(F)(F)c1ccc(Cc2cc3ccccc3nc2Cl)cc1. The van der Waals surface area contributed by atoms with Crippen LogP contribution in [0.25, 0.3) is 10.9 Å². The third-order valence-electron chi connectivity index (χ3n) is 3.43. The predicted octanol–water partition coefficient (Wildman–Crippen LogP) is 5.50. The van der Waals surface area contributed by atoms with Gasteiger partial charge in [-0.25, -0.2) is 4.98 Å². The van der Waals surface area contributed by atoms with Gasteiger partial charge < -0.3 is 0 Å². The van der Waals surface area contributed by atoms with E-state index in [0.29, 0.717) is 11.6 Å². The molecule has 0 fully saturated rings. The number of aromatic nitrogens is 1. The summed E-state index contributed by atoms with van der Waals surface area (Å²) in [5.74, 6) is 0. The van der Waals surface area contributed by atoms with Gasteiger partial charge in [-0.1, -0.05) is 41.9 Å². The van der Waals surface area contributed by atoms with Gasteiger partial charge in [0.25, 0.3) is 0 Å². The van der Waals surface area contributed by atoms with Crippen LogP contribution >= 0.6 is 11.6 Å². The molecule has 22 heavy (non-hydrogen) atoms. The van der Waals surface area contributed by atoms with Crippen LogP contribution < -0.4 is 0 Å². The quantitative estimate of drug-likeness (QED) is 0.568. The lowest BCUT2D eigenvalue weighted by molar-refractivity contribution is -0.137. The molecule has 0 radical (unpaired) electrons. The molecule has 112 valence electrons. The maximum absolute atomic E-state index is 12.6. The third kappa shape index (κ3) is 3.07. The summed E-state index contributed by atoms with van der Waals surface area (Å²) in [6.07, 6.45) is -3.88. The molecule has 0 amide bonds. The monoisotopic (exact) mass is 321 g/mol. The number of pyridine rings is 1. The summed E-state index contributed by atoms with van der Waals surface area (Å²) < 4.78 is 37.7. The first-order chi connectivity index (χ1) is 10.4. The molecule has 1 aromatic heterocycles. The zero-order chi connectivity index (χ0) is 15.7. The third-order valence-corrected chi connectivity index (χ3v) is 3.75. The molecule has 0 aliphatic carbocycles. The standard InChI is InChI=1S/C17H11ClF3N/c18-16-13(10-12-3-1-2-4-15(12)22-16)9-11-5-7-14(8-6-11)17(19,20)21/h1-8,10H,9H2. The maximum Gasteiger partial charge on any atom is 0.416 e. The Balaban J connectivity index is 1.91. The second-order valence-electron chi connectivity index (χ2n) is 5.00. The van der Waals surface area contributed by atoms with Crippen molar-refractivity contribution < 1.29 is 13.2 Å². The van der Waals surface area contributed by atoms with E-state index in [4.69, 9.17) is 11.6 Å². The number of alkyl halides is 3. The van der Waals surface area contributed by atoms with Crippen molar-refractivity contribution >= 4 is 22.5 Å². The van der Waals surface area contributed by atoms with E-state index >= 15 is 0 Å². The Morgan fingerprint density at radius 3 is 2.32 bits per heavy atom. The van der Waals surface area contributed by atoms with Crippen molar-refractivity contribution in [3.8, 4) is 0 Å². The number of rotatable bonds is 2. The van der Waals surface area contributed by atoms with Gasteiger partial charge in [0.1, 0.15) is 5.15 Å². The van der Waals surface area contributed by atoms with E-state index in [0.717, 1.165) is 34.2 Å². The molecule has 0 unspecified atom stereocenters. The summed E-state index contributed by atoms with van der Waals surface area (Å²) in [6, 6.07) is 14.6. The van der Waals surface area contributed by atoms with Crippen LogP contribution in [0.1, 0.15) is 16.7 Å². The largest absolute Gasteiger partial charge is 0.416 e. The van der Waals surface area contributed by atoms with E-state index in [1.807, 2.05) is 30.3 Å². The Morgan fingerprint density at radius 1 is 0.955 bits per heavy atom. The first-order valence-corrected chi connectivity index (χ1v) is 7.01. The van der Waals surface area contributed by atoms with Crippen molar-refractivity contribution in [1.82, 2.24) is 4.98 Å². The molecule has 0 saturated carbocycles. The van der Waals surface area contributed by atoms with Crippen LogP contribution in [0, 0.1) is 0 Å². The van der Waals surface area contributed by atoms with E-state index in [1.165, 1.54) is 12.1 Å². The number of fused-ring (bicyclic) bond motifs is 1. The van der Waals surface area contributed by atoms with Crippen LogP contribution in [0.3, 0.4) is 0 Å². The summed E-state index contributed by atoms with van der Waals surface area (Å²) in [5, 5.41) is 1.33. The van der Waals surface area contributed by atoms with Crippen LogP contribution in [-0.4, -0.2) is 4.98 Å². The van der Waals surface area contributed by atoms with Crippen LogP contribution in [0.5, 0.6) is 0 Å². The summed E-state index contributed by atoms with van der Waals surface area (Å²) in [4.78, 5) is 4.31. The lowest BCUT2D eigenvalue weighted by atomic mass is 10.0. The molecule has 0 aliphatic rings. The van der Waals surface area contributed by atoms with Crippen molar-refractivity contribution in [2.75, 3.05) is 0 Å². The van der Waals surface area contributed by atoms with Gasteiger partial charge in [-0.2, -0.15) is 13.2 Å². The molecule has 0 spiro atoms. The molecule has 0 bridgehead atoms. The van der Waals surface area contributed by atoms with E-state index in [-0.39, 0.29) is 0 Å². The highest BCUT2D eigenvalue weighted by molar-refractivity contribution is 6.30. The van der Waals surface area contributed by atoms with Crippen LogP contribution in [0.2, 0.25) is 5.15 Å². The van der Waals surface area contributed by atoms with Crippen LogP contribution in [-0.2, 0) is 12.6 Å². The average Bonchev–Trinajstić information content (AvgIpc) is 2.48. The fraction of sp³-hybridized carbons (Fsp3) is 0.118. The predicted molar refractivity (Wildman–Crippen MR) is 81.0 cm³/mol. The summed E-state index contributed by atoms with van der Waals surface area (Å²) in [6.45, 7) is 0. The normalized spacial score (nSPS) is 11.8. The zero-order valence-corrected chi connectivity index (χ0v) is 12.1. The molecule has 3 aromatic rings. The van der Waals surface area contributed by atoms with Gasteiger partial charge in [-0.3, -0.25) is 0 Å². The summed E-state index contributed by atoms with van der Waals surface area (Å²) >= 11 is 6.17. The van der Waals surface area contributed by atoms with Crippen molar-refractivity contribution in [3.05, 3.63) is 76.4 Å². The lowest BCUT2D eigenvalue weighted by Crippen LogP contribution is -2.04. The fourth-order valence-electron chi connectivity index (χ4n) is 2.29. The second kappa shape index (κ2) is 5.61. The van der Waals surface area contributed by atoms with Gasteiger partial charge in [0.2, 0.25) is 0 Å². The van der Waals surface area contributed by atoms with E-state index in [2.05, 4.69) is 4.98 Å². The number of para-hydroxylation sites is 1. The Bertz CT molecular complexity index is 810. The number of hydrogen-bond acceptors (Lipinski definition) is 1. The average molecular weight is 322 g/mol. The topological polar surface area (TPSA) is 12.9 Å². The zero-order valence-electron chi connectivity index (χ0n) is 11.4. The van der Waals surface area contributed by atoms with E-state index in [1.54, 1.807) is 0 Å². The molecule has 2 aromatic carbocycles. The number of benzene rings is 2. The molecule has 3 rings (SSSR count). The molecule has 1 heterocycles. The van der Waals surface area contributed by atoms with Gasteiger partial charge >= 0.3 is 6.18 Å². The molecular formula is C17H11ClF3N. The highest BCUT2D eigenvalue weighted by atomic mass is 35.5. The molecule has 0 aliphatic heterocycles. The minimum atomic E-state index is -4.32. The fourth-order valence-corrected chi connectivity index (χ4v) is 2.50. The first kappa shape index (κ1) is 14.9. The lowest BCUT2D eigenvalue weighted by Gasteiger charge is -2.09. The minimum Gasteiger partial charge on any atom is -0.236 e. The minimum absolute atomic E-state index is 0.374. The molecule has 1 nitrogen and oxygen atoms in total. The second-order valence-corrected chi connectivity index (χ2v) is 5.36. The maximum atomic E-state index is 12.6. The Morgan fingerprint density at radius 2 is 1.64 bits per heavy atom. The highest BCUT2D eigenvalue weighted by Gasteiger charge is 2.29. The Labute approximate surface area is 130 Å². The first-order valence-electron chi connectivity index (χ1n) is 6.64. The highest BCUT2D eigenvalue weighted by Crippen LogP contribution is 2.30. The number of nitrogens with zero attached hydrogens (tertiary/aromatic N) is 1. The van der Waals surface area contributed by atoms with Gasteiger partial charge in [-0.05, 0) is 35.4 Å². The van der Waals surface area contributed by atoms with Crippen molar-refractivity contribution in [2.45, 2.75) is 12.6 Å². The van der Waals surface area contributed by atoms with Crippen molar-refractivity contribution in [1.29, 1.82) is 0 Å². The van der Waals surface area contributed by atoms with Crippen LogP contribution in [0.15, 0.2) is 54.6 Å². The van der Waals surface area contributed by atoms with Crippen molar-refractivity contribution in [3.63, 3.8) is 0 Å². The number of hydrogen-bond donors (Lipinski definition) is 0. The number of halogens is 4. The molecule has 0 atom stereocenters. The van der Waals surface area contributed by atoms with Crippen LogP contribution in [0.4, 0.5) is 13.2 Å². The van der Waals surface area contributed by atoms with Gasteiger partial charge in [0, 0.05) is 11.8 Å². The molecular weight excluding hydrogens is 311 g/mol. The Kier molecular flexibility index (Phi) is 3.79.